The van der Waals surface area contributed by atoms with Crippen LogP contribution in [0.25, 0.3) is 6.08 Å². The molecule has 4 rings (SSSR count). The molecule has 2 aromatic rings. The second-order valence-corrected chi connectivity index (χ2v) is 8.98. The van der Waals surface area contributed by atoms with Crippen LogP contribution in [0.15, 0.2) is 40.9 Å². The number of hydrazine groups is 1. The Morgan fingerprint density at radius 2 is 1.82 bits per heavy atom. The second-order valence-electron chi connectivity index (χ2n) is 8.12. The molecule has 1 fully saturated rings. The van der Waals surface area contributed by atoms with Gasteiger partial charge in [-0.25, -0.2) is 0 Å². The third kappa shape index (κ3) is 6.02. The van der Waals surface area contributed by atoms with Crippen LogP contribution in [-0.2, 0) is 17.5 Å². The lowest BCUT2D eigenvalue weighted by Gasteiger charge is -2.33. The number of fused-ring (bicyclic) bond motifs is 1. The largest absolute Gasteiger partial charge is 0.454 e. The maximum absolute atomic E-state index is 13.7. The molecule has 1 amide bonds. The highest BCUT2D eigenvalue weighted by atomic mass is 79.9. The number of likely N-dealkylation sites (N-methyl/N-ethyl adjacent to an activating group) is 1. The molecule has 0 spiro atoms. The Kier molecular flexibility index (Phi) is 7.34. The highest BCUT2D eigenvalue weighted by molar-refractivity contribution is 9.10. The van der Waals surface area contributed by atoms with E-state index in [0.717, 1.165) is 32.2 Å². The molecule has 0 radical (unpaired) electrons. The summed E-state index contributed by atoms with van der Waals surface area (Å²) in [5.41, 5.74) is 5.27. The molecule has 0 aromatic heterocycles. The van der Waals surface area contributed by atoms with E-state index in [0.29, 0.717) is 21.5 Å². The highest BCUT2D eigenvalue weighted by Crippen LogP contribution is 2.37. The molecule has 34 heavy (non-hydrogen) atoms. The zero-order valence-corrected chi connectivity index (χ0v) is 20.0. The van der Waals surface area contributed by atoms with Gasteiger partial charge in [0.05, 0.1) is 11.3 Å². The van der Waals surface area contributed by atoms with Crippen LogP contribution in [0.2, 0.25) is 0 Å². The molecule has 2 aliphatic rings. The third-order valence-electron chi connectivity index (χ3n) is 5.64. The van der Waals surface area contributed by atoms with Crippen molar-refractivity contribution in [3.05, 3.63) is 57.6 Å². The van der Waals surface area contributed by atoms with Crippen molar-refractivity contribution in [1.82, 2.24) is 15.2 Å². The number of benzene rings is 2. The minimum atomic E-state index is -4.50. The van der Waals surface area contributed by atoms with Crippen LogP contribution in [0.4, 0.5) is 18.9 Å². The van der Waals surface area contributed by atoms with E-state index in [2.05, 4.69) is 31.7 Å². The van der Waals surface area contributed by atoms with Crippen LogP contribution in [0.3, 0.4) is 0 Å². The topological polar surface area (TPSA) is 66.1 Å². The summed E-state index contributed by atoms with van der Waals surface area (Å²) in [6, 6.07) is 7.46. The van der Waals surface area contributed by atoms with E-state index >= 15 is 0 Å². The van der Waals surface area contributed by atoms with E-state index in [4.69, 9.17) is 9.47 Å². The van der Waals surface area contributed by atoms with E-state index in [-0.39, 0.29) is 24.6 Å². The number of piperazine rings is 1. The summed E-state index contributed by atoms with van der Waals surface area (Å²) in [6.45, 7) is 3.44. The van der Waals surface area contributed by atoms with Gasteiger partial charge in [0, 0.05) is 43.3 Å². The van der Waals surface area contributed by atoms with Crippen LogP contribution in [0.1, 0.15) is 16.7 Å². The second kappa shape index (κ2) is 10.2. The van der Waals surface area contributed by atoms with E-state index in [1.165, 1.54) is 18.2 Å². The summed E-state index contributed by atoms with van der Waals surface area (Å²) >= 11 is 3.40. The summed E-state index contributed by atoms with van der Waals surface area (Å²) in [5, 5.41) is 0. The summed E-state index contributed by atoms with van der Waals surface area (Å²) in [6.07, 6.45) is -1.68. The molecule has 11 heteroatoms. The van der Waals surface area contributed by atoms with Crippen LogP contribution in [0, 0.1) is 0 Å². The average Bonchev–Trinajstić information content (AvgIpc) is 3.24. The SMILES string of the molecule is CN1CCN(Cc2ccc(NNC(=O)/C=C/c3cc4c(cc3Br)OCO4)cc2C(F)(F)F)CC1. The Labute approximate surface area is 203 Å². The molecule has 0 saturated carbocycles. The number of nitrogens with zero attached hydrogens (tertiary/aromatic N) is 2. The van der Waals surface area contributed by atoms with Gasteiger partial charge in [0.15, 0.2) is 11.5 Å². The van der Waals surface area contributed by atoms with Gasteiger partial charge in [0.1, 0.15) is 0 Å². The fourth-order valence-electron chi connectivity index (χ4n) is 3.70. The number of carbonyl (C=O) groups excluding carboxylic acids is 1. The number of halogens is 4. The third-order valence-corrected chi connectivity index (χ3v) is 6.33. The molecular weight excluding hydrogens is 517 g/mol. The lowest BCUT2D eigenvalue weighted by atomic mass is 10.0. The Hall–Kier alpha value is -2.76. The number of ether oxygens (including phenoxy) is 2. The molecule has 0 unspecified atom stereocenters. The zero-order valence-electron chi connectivity index (χ0n) is 18.4. The van der Waals surface area contributed by atoms with Gasteiger partial charge in [0.2, 0.25) is 6.79 Å². The predicted molar refractivity (Wildman–Crippen MR) is 125 cm³/mol. The van der Waals surface area contributed by atoms with E-state index in [1.807, 2.05) is 11.9 Å². The van der Waals surface area contributed by atoms with Crippen molar-refractivity contribution in [1.29, 1.82) is 0 Å². The maximum Gasteiger partial charge on any atom is 0.416 e. The van der Waals surface area contributed by atoms with Gasteiger partial charge >= 0.3 is 6.18 Å². The van der Waals surface area contributed by atoms with Crippen molar-refractivity contribution in [2.45, 2.75) is 12.7 Å². The zero-order chi connectivity index (χ0) is 24.3. The monoisotopic (exact) mass is 540 g/mol. The van der Waals surface area contributed by atoms with Crippen molar-refractivity contribution in [2.24, 2.45) is 0 Å². The van der Waals surface area contributed by atoms with Gasteiger partial charge in [-0.1, -0.05) is 22.0 Å². The number of rotatable bonds is 6. The summed E-state index contributed by atoms with van der Waals surface area (Å²) in [4.78, 5) is 16.4. The lowest BCUT2D eigenvalue weighted by molar-refractivity contribution is -0.138. The van der Waals surface area contributed by atoms with Crippen molar-refractivity contribution >= 4 is 33.6 Å². The first-order valence-corrected chi connectivity index (χ1v) is 11.4. The van der Waals surface area contributed by atoms with Crippen molar-refractivity contribution in [3.8, 4) is 11.5 Å². The van der Waals surface area contributed by atoms with Crippen LogP contribution < -0.4 is 20.3 Å². The first-order chi connectivity index (χ1) is 16.2. The molecule has 0 atom stereocenters. The number of hydrogen-bond acceptors (Lipinski definition) is 6. The van der Waals surface area contributed by atoms with E-state index in [9.17, 15) is 18.0 Å². The van der Waals surface area contributed by atoms with Crippen LogP contribution in [0.5, 0.6) is 11.5 Å². The van der Waals surface area contributed by atoms with Gasteiger partial charge in [-0.15, -0.1) is 0 Å². The van der Waals surface area contributed by atoms with Crippen LogP contribution in [-0.4, -0.2) is 55.7 Å². The standard InChI is InChI=1S/C23H24BrF3N4O3/c1-30-6-8-31(9-7-30)13-16-2-4-17(11-18(16)23(25,26)27)28-29-22(32)5-3-15-10-20-21(12-19(15)24)34-14-33-20/h2-5,10-12,28H,6-9,13-14H2,1H3,(H,29,32)/b5-3+. The van der Waals surface area contributed by atoms with Gasteiger partial charge in [0.25, 0.3) is 5.91 Å². The Balaban J connectivity index is 1.39. The normalized spacial score (nSPS) is 16.7. The number of amides is 1. The lowest BCUT2D eigenvalue weighted by Crippen LogP contribution is -2.44. The van der Waals surface area contributed by atoms with Crippen molar-refractivity contribution in [3.63, 3.8) is 0 Å². The quantitative estimate of drug-likeness (QED) is 0.424. The number of alkyl halides is 3. The fraction of sp³-hybridized carbons (Fsp3) is 0.348. The molecule has 2 heterocycles. The molecule has 1 saturated heterocycles. The average molecular weight is 541 g/mol. The number of hydrogen-bond donors (Lipinski definition) is 2. The Bertz CT molecular complexity index is 1090. The smallest absolute Gasteiger partial charge is 0.416 e. The number of carbonyl (C=O) groups is 1. The van der Waals surface area contributed by atoms with Crippen molar-refractivity contribution < 1.29 is 27.4 Å². The minimum absolute atomic E-state index is 0.132. The first kappa shape index (κ1) is 24.4. The van der Waals surface area contributed by atoms with Gasteiger partial charge in [-0.3, -0.25) is 20.5 Å². The summed E-state index contributed by atoms with van der Waals surface area (Å²) < 4.78 is 52.4. The summed E-state index contributed by atoms with van der Waals surface area (Å²) in [7, 11) is 2.00. The highest BCUT2D eigenvalue weighted by Gasteiger charge is 2.34. The molecule has 2 aliphatic heterocycles. The number of nitrogens with one attached hydrogen (secondary N) is 2. The molecule has 7 nitrogen and oxygen atoms in total. The molecule has 0 bridgehead atoms. The Morgan fingerprint density at radius 1 is 1.12 bits per heavy atom. The van der Waals surface area contributed by atoms with Gasteiger partial charge in [-0.05, 0) is 48.5 Å². The Morgan fingerprint density at radius 3 is 2.53 bits per heavy atom. The predicted octanol–water partition coefficient (Wildman–Crippen LogP) is 4.10. The number of anilines is 1. The molecular formula is C23H24BrF3N4O3. The van der Waals surface area contributed by atoms with Gasteiger partial charge < -0.3 is 14.4 Å². The van der Waals surface area contributed by atoms with E-state index in [1.54, 1.807) is 18.2 Å². The van der Waals surface area contributed by atoms with Crippen LogP contribution >= 0.6 is 15.9 Å². The molecule has 0 aliphatic carbocycles. The fourth-order valence-corrected chi connectivity index (χ4v) is 4.16. The van der Waals surface area contributed by atoms with E-state index < -0.39 is 17.6 Å². The molecule has 2 N–H and O–H groups in total. The summed E-state index contributed by atoms with van der Waals surface area (Å²) in [5.74, 6) is 0.643. The molecule has 182 valence electrons. The van der Waals surface area contributed by atoms with Crippen molar-refractivity contribution in [2.75, 3.05) is 45.4 Å². The molecule has 2 aromatic carbocycles. The maximum atomic E-state index is 13.7. The first-order valence-electron chi connectivity index (χ1n) is 10.6. The minimum Gasteiger partial charge on any atom is -0.454 e. The van der Waals surface area contributed by atoms with Gasteiger partial charge in [-0.2, -0.15) is 13.2 Å².